The van der Waals surface area contributed by atoms with Crippen molar-refractivity contribution in [2.24, 2.45) is 0 Å². The molecular formula is C32H23OP. The van der Waals surface area contributed by atoms with Crippen molar-refractivity contribution in [3.63, 3.8) is 0 Å². The smallest absolute Gasteiger partial charge is 0.171 e. The van der Waals surface area contributed by atoms with Gasteiger partial charge in [-0.3, -0.25) is 0 Å². The van der Waals surface area contributed by atoms with Crippen molar-refractivity contribution in [2.45, 2.75) is 0 Å². The Morgan fingerprint density at radius 1 is 0.412 bits per heavy atom. The minimum Gasteiger partial charge on any atom is -0.309 e. The first-order chi connectivity index (χ1) is 16.7. The minimum absolute atomic E-state index is 0.846. The first kappa shape index (κ1) is 20.7. The fourth-order valence-corrected chi connectivity index (χ4v) is 7.51. The van der Waals surface area contributed by atoms with Crippen molar-refractivity contribution in [1.29, 1.82) is 0 Å². The van der Waals surface area contributed by atoms with E-state index in [2.05, 4.69) is 66.7 Å². The van der Waals surface area contributed by atoms with Gasteiger partial charge in [0.25, 0.3) is 0 Å². The summed E-state index contributed by atoms with van der Waals surface area (Å²) >= 11 is 0. The summed E-state index contributed by atoms with van der Waals surface area (Å²) in [6.07, 6.45) is 0. The third-order valence-electron chi connectivity index (χ3n) is 6.55. The molecule has 162 valence electrons. The molecule has 0 amide bonds. The molecule has 0 unspecified atom stereocenters. The van der Waals surface area contributed by atoms with Gasteiger partial charge in [0.2, 0.25) is 0 Å². The molecule has 0 spiro atoms. The summed E-state index contributed by atoms with van der Waals surface area (Å²) in [6, 6.07) is 47.3. The average Bonchev–Trinajstić information content (AvgIpc) is 2.93. The molecule has 6 aromatic carbocycles. The van der Waals surface area contributed by atoms with Crippen molar-refractivity contribution in [3.8, 4) is 11.1 Å². The zero-order valence-electron chi connectivity index (χ0n) is 18.6. The van der Waals surface area contributed by atoms with E-state index in [9.17, 15) is 4.57 Å². The second kappa shape index (κ2) is 8.45. The quantitative estimate of drug-likeness (QED) is 0.202. The fourth-order valence-electron chi connectivity index (χ4n) is 4.87. The van der Waals surface area contributed by atoms with Gasteiger partial charge in [-0.1, -0.05) is 133 Å². The Morgan fingerprint density at radius 3 is 1.50 bits per heavy atom. The molecule has 6 aromatic rings. The van der Waals surface area contributed by atoms with Crippen molar-refractivity contribution in [2.75, 3.05) is 0 Å². The molecule has 0 aromatic heterocycles. The summed E-state index contributed by atoms with van der Waals surface area (Å²) in [5.41, 5.74) is 2.31. The number of hydrogen-bond acceptors (Lipinski definition) is 1. The van der Waals surface area contributed by atoms with Crippen LogP contribution >= 0.6 is 7.14 Å². The van der Waals surface area contributed by atoms with Crippen LogP contribution in [0.1, 0.15) is 0 Å². The third kappa shape index (κ3) is 3.37. The van der Waals surface area contributed by atoms with Crippen molar-refractivity contribution in [3.05, 3.63) is 140 Å². The van der Waals surface area contributed by atoms with Gasteiger partial charge < -0.3 is 4.57 Å². The molecule has 0 bridgehead atoms. The minimum atomic E-state index is -2.98. The first-order valence-corrected chi connectivity index (χ1v) is 13.2. The summed E-state index contributed by atoms with van der Waals surface area (Å²) in [5, 5.41) is 7.51. The van der Waals surface area contributed by atoms with Gasteiger partial charge in [-0.15, -0.1) is 0 Å². The zero-order valence-corrected chi connectivity index (χ0v) is 19.5. The summed E-state index contributed by atoms with van der Waals surface area (Å²) < 4.78 is 14.7. The van der Waals surface area contributed by atoms with E-state index < -0.39 is 7.14 Å². The lowest BCUT2D eigenvalue weighted by Crippen LogP contribution is -2.24. The van der Waals surface area contributed by atoms with E-state index in [1.807, 2.05) is 72.8 Å². The lowest BCUT2D eigenvalue weighted by Gasteiger charge is -2.20. The molecule has 0 radical (unpaired) electrons. The molecule has 0 aliphatic heterocycles. The van der Waals surface area contributed by atoms with Crippen LogP contribution in [0.3, 0.4) is 0 Å². The lowest BCUT2D eigenvalue weighted by molar-refractivity contribution is 0.592. The monoisotopic (exact) mass is 454 g/mol. The fraction of sp³-hybridized carbons (Fsp3) is 0. The summed E-state index contributed by atoms with van der Waals surface area (Å²) in [5.74, 6) is 0. The Kier molecular flexibility index (Phi) is 5.13. The van der Waals surface area contributed by atoms with Gasteiger partial charge in [0.05, 0.1) is 0 Å². The van der Waals surface area contributed by atoms with E-state index in [4.69, 9.17) is 0 Å². The van der Waals surface area contributed by atoms with Gasteiger partial charge in [-0.05, 0) is 38.7 Å². The van der Waals surface area contributed by atoms with Crippen LogP contribution in [0.5, 0.6) is 0 Å². The second-order valence-electron chi connectivity index (χ2n) is 8.52. The molecular weight excluding hydrogens is 431 g/mol. The Balaban J connectivity index is 1.53. The van der Waals surface area contributed by atoms with Gasteiger partial charge in [-0.25, -0.2) is 0 Å². The second-order valence-corrected chi connectivity index (χ2v) is 11.3. The van der Waals surface area contributed by atoms with Gasteiger partial charge in [-0.2, -0.15) is 0 Å². The van der Waals surface area contributed by atoms with E-state index >= 15 is 0 Å². The highest BCUT2D eigenvalue weighted by Gasteiger charge is 2.29. The van der Waals surface area contributed by atoms with Crippen LogP contribution in [0.25, 0.3) is 32.7 Å². The summed E-state index contributed by atoms with van der Waals surface area (Å²) in [7, 11) is -2.98. The van der Waals surface area contributed by atoms with Gasteiger partial charge in [0.15, 0.2) is 7.14 Å². The normalized spacial score (nSPS) is 11.6. The van der Waals surface area contributed by atoms with E-state index in [0.29, 0.717) is 0 Å². The summed E-state index contributed by atoms with van der Waals surface area (Å²) in [6.45, 7) is 0. The highest BCUT2D eigenvalue weighted by molar-refractivity contribution is 7.85. The number of fused-ring (bicyclic) bond motifs is 3. The van der Waals surface area contributed by atoms with Crippen LogP contribution in [-0.4, -0.2) is 0 Å². The Hall–Kier alpha value is -3.93. The molecule has 0 aliphatic carbocycles. The van der Waals surface area contributed by atoms with Crippen LogP contribution in [0, 0.1) is 0 Å². The Morgan fingerprint density at radius 2 is 0.882 bits per heavy atom. The van der Waals surface area contributed by atoms with Crippen molar-refractivity contribution in [1.82, 2.24) is 0 Å². The van der Waals surface area contributed by atoms with E-state index in [0.717, 1.165) is 21.5 Å². The van der Waals surface area contributed by atoms with E-state index in [1.165, 1.54) is 27.1 Å². The van der Waals surface area contributed by atoms with E-state index in [1.54, 1.807) is 0 Å². The SMILES string of the molecule is O=P(c1ccccc1)(c1ccccc1)c1ccc(-c2cc3ccccc3c3ccccc23)cc1. The lowest BCUT2D eigenvalue weighted by atomic mass is 9.93. The maximum absolute atomic E-state index is 14.7. The highest BCUT2D eigenvalue weighted by atomic mass is 31.2. The molecule has 0 aliphatic rings. The molecule has 6 rings (SSSR count). The molecule has 0 atom stereocenters. The molecule has 0 N–H and O–H groups in total. The molecule has 2 heteroatoms. The number of rotatable bonds is 4. The highest BCUT2D eigenvalue weighted by Crippen LogP contribution is 2.43. The van der Waals surface area contributed by atoms with Crippen molar-refractivity contribution < 1.29 is 4.57 Å². The van der Waals surface area contributed by atoms with Crippen LogP contribution in [0.2, 0.25) is 0 Å². The largest absolute Gasteiger partial charge is 0.309 e. The maximum atomic E-state index is 14.7. The van der Waals surface area contributed by atoms with Gasteiger partial charge in [0.1, 0.15) is 0 Å². The standard InChI is InChI=1S/C32H23OP/c33-34(26-12-3-1-4-13-26,27-14-5-2-6-15-27)28-21-19-24(20-22-28)32-23-25-11-7-8-16-29(25)30-17-9-10-18-31(30)32/h1-23H. The molecule has 0 fully saturated rings. The maximum Gasteiger partial charge on any atom is 0.171 e. The zero-order chi connectivity index (χ0) is 23.0. The van der Waals surface area contributed by atoms with E-state index in [-0.39, 0.29) is 0 Å². The first-order valence-electron chi connectivity index (χ1n) is 11.5. The molecule has 1 nitrogen and oxygen atoms in total. The molecule has 0 heterocycles. The Labute approximate surface area is 199 Å². The van der Waals surface area contributed by atoms with Crippen molar-refractivity contribution >= 4 is 44.6 Å². The topological polar surface area (TPSA) is 17.1 Å². The van der Waals surface area contributed by atoms with Crippen LogP contribution in [-0.2, 0) is 4.57 Å². The average molecular weight is 455 g/mol. The predicted molar refractivity (Wildman–Crippen MR) is 146 cm³/mol. The Bertz CT molecular complexity index is 1610. The summed E-state index contributed by atoms with van der Waals surface area (Å²) in [4.78, 5) is 0. The van der Waals surface area contributed by atoms with Crippen LogP contribution < -0.4 is 15.9 Å². The molecule has 0 saturated heterocycles. The number of benzene rings is 6. The van der Waals surface area contributed by atoms with Crippen LogP contribution in [0.15, 0.2) is 140 Å². The molecule has 34 heavy (non-hydrogen) atoms. The van der Waals surface area contributed by atoms with Crippen LogP contribution in [0.4, 0.5) is 0 Å². The third-order valence-corrected chi connectivity index (χ3v) is 9.63. The molecule has 0 saturated carbocycles. The van der Waals surface area contributed by atoms with Gasteiger partial charge >= 0.3 is 0 Å². The van der Waals surface area contributed by atoms with Gasteiger partial charge in [0, 0.05) is 15.9 Å². The predicted octanol–water partition coefficient (Wildman–Crippen LogP) is 7.30. The number of hydrogen-bond donors (Lipinski definition) is 0.